The van der Waals surface area contributed by atoms with Crippen LogP contribution in [0.3, 0.4) is 0 Å². The zero-order chi connectivity index (χ0) is 41.4. The monoisotopic (exact) mass is 784 g/mol. The number of hydrogen-bond acceptors (Lipinski definition) is 8. The van der Waals surface area contributed by atoms with Gasteiger partial charge in [-0.2, -0.15) is 0 Å². The molecule has 0 aliphatic rings. The van der Waals surface area contributed by atoms with Gasteiger partial charge in [0.2, 0.25) is 0 Å². The van der Waals surface area contributed by atoms with E-state index in [1.54, 1.807) is 25.2 Å². The number of carbonyl (C=O) groups is 2. The number of carbonyl (C=O) groups excluding carboxylic acids is 1. The minimum atomic E-state index is -2.25. The van der Waals surface area contributed by atoms with E-state index in [9.17, 15) is 9.59 Å². The van der Waals surface area contributed by atoms with Gasteiger partial charge in [-0.1, -0.05) is 86.6 Å². The molecule has 0 aromatic carbocycles. The number of aliphatic carboxylic acids is 1. The average Bonchev–Trinajstić information content (AvgIpc) is 3.02. The minimum Gasteiger partial charge on any atom is -0.478 e. The van der Waals surface area contributed by atoms with Gasteiger partial charge in [-0.25, -0.2) is 4.79 Å². The summed E-state index contributed by atoms with van der Waals surface area (Å²) in [6.45, 7) is 32.5. The molecule has 0 radical (unpaired) electrons. The van der Waals surface area contributed by atoms with Crippen LogP contribution in [0.15, 0.2) is 36.0 Å². The fraction of sp³-hybridized carbons (Fsp3) is 0.810. The van der Waals surface area contributed by atoms with Crippen LogP contribution < -0.4 is 0 Å². The van der Waals surface area contributed by atoms with Gasteiger partial charge in [0, 0.05) is 39.2 Å². The first-order chi connectivity index (χ1) is 24.2. The minimum absolute atomic E-state index is 0.00978. The summed E-state index contributed by atoms with van der Waals surface area (Å²) in [5, 5.41) is 9.23. The highest BCUT2D eigenvalue weighted by atomic mass is 28.4. The fourth-order valence-electron chi connectivity index (χ4n) is 5.56. The van der Waals surface area contributed by atoms with Crippen LogP contribution in [0.2, 0.25) is 36.3 Å². The Labute approximate surface area is 327 Å². The van der Waals surface area contributed by atoms with E-state index in [4.69, 9.17) is 28.2 Å². The van der Waals surface area contributed by atoms with Gasteiger partial charge < -0.3 is 28.2 Å². The molecular formula is C42H81NO8Si2. The van der Waals surface area contributed by atoms with Crippen LogP contribution in [0.4, 0.5) is 0 Å². The highest BCUT2D eigenvalue weighted by Crippen LogP contribution is 2.41. The van der Waals surface area contributed by atoms with Gasteiger partial charge >= 0.3 is 11.9 Å². The maximum absolute atomic E-state index is 13.6. The van der Waals surface area contributed by atoms with E-state index >= 15 is 0 Å². The molecule has 0 aromatic heterocycles. The Morgan fingerprint density at radius 1 is 0.849 bits per heavy atom. The number of rotatable bonds is 25. The number of carboxylic acid groups (broad SMARTS) is 1. The number of hydrogen-bond donors (Lipinski definition) is 1. The maximum atomic E-state index is 13.6. The third-order valence-electron chi connectivity index (χ3n) is 11.6. The van der Waals surface area contributed by atoms with Crippen LogP contribution in [-0.4, -0.2) is 104 Å². The van der Waals surface area contributed by atoms with E-state index in [1.165, 1.54) is 11.6 Å². The molecule has 1 unspecified atom stereocenters. The summed E-state index contributed by atoms with van der Waals surface area (Å²) in [5.41, 5.74) is 1.24. The predicted octanol–water partition coefficient (Wildman–Crippen LogP) is 9.90. The summed E-state index contributed by atoms with van der Waals surface area (Å²) in [6, 6.07) is -0.563. The summed E-state index contributed by atoms with van der Waals surface area (Å²) in [5.74, 6) is -0.886. The quantitative estimate of drug-likeness (QED) is 0.0319. The van der Waals surface area contributed by atoms with E-state index in [1.807, 2.05) is 20.2 Å². The van der Waals surface area contributed by atoms with Crippen molar-refractivity contribution >= 4 is 28.6 Å². The van der Waals surface area contributed by atoms with Crippen LogP contribution in [0.5, 0.6) is 0 Å². The van der Waals surface area contributed by atoms with Crippen molar-refractivity contribution in [3.8, 4) is 0 Å². The molecule has 0 aliphatic carbocycles. The lowest BCUT2D eigenvalue weighted by molar-refractivity contribution is -0.161. The third-order valence-corrected chi connectivity index (χ3v) is 20.7. The molecule has 310 valence electrons. The number of esters is 1. The third kappa shape index (κ3) is 18.7. The lowest BCUT2D eigenvalue weighted by Crippen LogP contribution is -2.50. The van der Waals surface area contributed by atoms with Gasteiger partial charge in [0.15, 0.2) is 16.6 Å². The van der Waals surface area contributed by atoms with Crippen molar-refractivity contribution in [1.82, 2.24) is 4.90 Å². The Kier molecular flexibility index (Phi) is 22.7. The molecule has 0 spiro atoms. The summed E-state index contributed by atoms with van der Waals surface area (Å²) in [4.78, 5) is 26.4. The number of methoxy groups -OCH3 is 2. The lowest BCUT2D eigenvalue weighted by atomic mass is 9.84. The van der Waals surface area contributed by atoms with Crippen LogP contribution in [-0.2, 0) is 32.7 Å². The highest BCUT2D eigenvalue weighted by molar-refractivity contribution is 6.74. The molecule has 0 aromatic rings. The van der Waals surface area contributed by atoms with Crippen LogP contribution in [0.1, 0.15) is 101 Å². The van der Waals surface area contributed by atoms with Gasteiger partial charge in [0.25, 0.3) is 0 Å². The topological polar surface area (TPSA) is 104 Å². The first kappa shape index (κ1) is 51.4. The first-order valence-electron chi connectivity index (χ1n) is 19.7. The second-order valence-corrected chi connectivity index (χ2v) is 28.0. The van der Waals surface area contributed by atoms with E-state index in [0.717, 1.165) is 38.4 Å². The molecule has 0 aliphatic heterocycles. The summed E-state index contributed by atoms with van der Waals surface area (Å²) in [7, 11) is 3.03. The van der Waals surface area contributed by atoms with Crippen LogP contribution in [0, 0.1) is 17.8 Å². The second-order valence-electron chi connectivity index (χ2n) is 18.4. The maximum Gasteiger partial charge on any atom is 0.328 e. The van der Waals surface area contributed by atoms with Crippen molar-refractivity contribution in [2.75, 3.05) is 41.5 Å². The van der Waals surface area contributed by atoms with E-state index in [0.29, 0.717) is 12.3 Å². The van der Waals surface area contributed by atoms with Crippen LogP contribution >= 0.6 is 0 Å². The smallest absolute Gasteiger partial charge is 0.328 e. The lowest BCUT2D eigenvalue weighted by Gasteiger charge is -2.44. The molecule has 0 heterocycles. The van der Waals surface area contributed by atoms with Crippen molar-refractivity contribution in [1.29, 1.82) is 0 Å². The Hall–Kier alpha value is -1.61. The first-order valence-corrected chi connectivity index (χ1v) is 25.5. The van der Waals surface area contributed by atoms with E-state index in [2.05, 4.69) is 102 Å². The summed E-state index contributed by atoms with van der Waals surface area (Å²) < 4.78 is 31.4. The van der Waals surface area contributed by atoms with E-state index in [-0.39, 0.29) is 46.7 Å². The molecule has 9 nitrogen and oxygen atoms in total. The zero-order valence-electron chi connectivity index (χ0n) is 37.1. The molecular weight excluding hydrogens is 703 g/mol. The number of nitrogens with zero attached hydrogens (tertiary/aromatic N) is 1. The van der Waals surface area contributed by atoms with Gasteiger partial charge in [0.1, 0.15) is 12.1 Å². The molecule has 0 fully saturated rings. The van der Waals surface area contributed by atoms with Crippen molar-refractivity contribution in [2.45, 2.75) is 162 Å². The Morgan fingerprint density at radius 2 is 1.43 bits per heavy atom. The van der Waals surface area contributed by atoms with Crippen LogP contribution in [0.25, 0.3) is 0 Å². The van der Waals surface area contributed by atoms with Crippen molar-refractivity contribution in [3.05, 3.63) is 36.0 Å². The van der Waals surface area contributed by atoms with Gasteiger partial charge in [-0.05, 0) is 100 Å². The highest BCUT2D eigenvalue weighted by Gasteiger charge is 2.43. The Bertz CT molecular complexity index is 1170. The fourth-order valence-corrected chi connectivity index (χ4v) is 8.10. The average molecular weight is 784 g/mol. The number of allylic oxidation sites excluding steroid dienone is 3. The number of ether oxygens (including phenoxy) is 3. The summed E-state index contributed by atoms with van der Waals surface area (Å²) >= 11 is 0. The molecule has 0 saturated carbocycles. The standard InChI is InChI=1S/C42H81NO8Si2/c1-31(28-29-49-52(15,16)41(5,6)7)24-25-32(2)36(48-14)27-26-33(3)39(51-53(17,18)42(8,9)10)34(4)37(22-20-19-21-23-38(44)45)50-40(46)35(30-47-13)43(11)12/h19-21,23,25,31,33-37,39H,22,24,26-30H2,1-18H3,(H,44,45)/b20-19+,23-21+,32-25+/t31-,33-,34-,35?,36+,37-,39-/m1/s1. The Balaban J connectivity index is 6.23. The van der Waals surface area contributed by atoms with Gasteiger partial charge in [-0.3, -0.25) is 9.69 Å². The molecule has 11 heteroatoms. The van der Waals surface area contributed by atoms with Crippen molar-refractivity contribution in [3.63, 3.8) is 0 Å². The van der Waals surface area contributed by atoms with E-state index < -0.39 is 34.7 Å². The normalized spacial score (nSPS) is 17.9. The number of likely N-dealkylation sites (N-methyl/N-ethyl adjacent to an activating group) is 1. The molecule has 0 bridgehead atoms. The molecule has 53 heavy (non-hydrogen) atoms. The Morgan fingerprint density at radius 3 is 1.92 bits per heavy atom. The molecule has 0 rings (SSSR count). The summed E-state index contributed by atoms with van der Waals surface area (Å²) in [6.07, 6.45) is 11.9. The molecule has 7 atom stereocenters. The van der Waals surface area contributed by atoms with Crippen molar-refractivity contribution < 1.29 is 37.8 Å². The largest absolute Gasteiger partial charge is 0.478 e. The molecule has 1 N–H and O–H groups in total. The number of carboxylic acids is 1. The van der Waals surface area contributed by atoms with Gasteiger partial charge in [-0.15, -0.1) is 0 Å². The zero-order valence-corrected chi connectivity index (χ0v) is 39.1. The second kappa shape index (κ2) is 23.5. The SMILES string of the molecule is COCC(C(=O)O[C@H](C/C=C/C=C/C(=O)O)[C@@H](C)[C@H](O[Si](C)(C)C(C)(C)C)[C@H](C)CC[C@H](OC)/C(C)=C/C[C@@H](C)CCO[Si](C)(C)C(C)(C)C)N(C)C. The predicted molar refractivity (Wildman–Crippen MR) is 225 cm³/mol. The van der Waals surface area contributed by atoms with Crippen molar-refractivity contribution in [2.24, 2.45) is 17.8 Å². The van der Waals surface area contributed by atoms with Gasteiger partial charge in [0.05, 0.1) is 18.8 Å². The molecule has 0 saturated heterocycles. The molecule has 0 amide bonds.